The Balaban J connectivity index is 1.99. The van der Waals surface area contributed by atoms with Crippen LogP contribution in [0, 0.1) is 10.5 Å². The zero-order chi connectivity index (χ0) is 15.9. The van der Waals surface area contributed by atoms with Crippen molar-refractivity contribution in [1.29, 1.82) is 0 Å². The molecule has 0 aliphatic rings. The van der Waals surface area contributed by atoms with Crippen molar-refractivity contribution in [1.82, 2.24) is 5.16 Å². The maximum Gasteiger partial charge on any atom is 0.416 e. The van der Waals surface area contributed by atoms with E-state index in [2.05, 4.69) is 33.1 Å². The molecule has 0 spiro atoms. The fourth-order valence-corrected chi connectivity index (χ4v) is 2.64. The summed E-state index contributed by atoms with van der Waals surface area (Å²) in [5.41, 5.74) is 1.27. The summed E-state index contributed by atoms with van der Waals surface area (Å²) in [6, 6.07) is 8.71. The van der Waals surface area contributed by atoms with Crippen LogP contribution >= 0.6 is 22.6 Å². The quantitative estimate of drug-likeness (QED) is 0.559. The molecular formula is C15H10F3IN2O. The fourth-order valence-electron chi connectivity index (χ4n) is 2.07. The molecule has 3 aromatic rings. The van der Waals surface area contributed by atoms with Crippen LogP contribution in [0.5, 0.6) is 0 Å². The van der Waals surface area contributed by atoms with Gasteiger partial charge >= 0.3 is 6.18 Å². The molecule has 0 saturated heterocycles. The van der Waals surface area contributed by atoms with Crippen LogP contribution in [0.25, 0.3) is 11.0 Å². The number of aromatic nitrogens is 1. The normalized spacial score (nSPS) is 11.9. The molecule has 0 unspecified atom stereocenters. The van der Waals surface area contributed by atoms with E-state index >= 15 is 0 Å². The first-order chi connectivity index (χ1) is 10.4. The van der Waals surface area contributed by atoms with E-state index in [0.717, 1.165) is 26.7 Å². The minimum atomic E-state index is -4.38. The van der Waals surface area contributed by atoms with Crippen LogP contribution in [0.4, 0.5) is 24.7 Å². The molecule has 114 valence electrons. The zero-order valence-corrected chi connectivity index (χ0v) is 13.5. The van der Waals surface area contributed by atoms with Crippen molar-refractivity contribution in [2.45, 2.75) is 13.1 Å². The third-order valence-corrected chi connectivity index (χ3v) is 4.57. The number of nitrogens with one attached hydrogen (secondary N) is 1. The Morgan fingerprint density at radius 2 is 1.95 bits per heavy atom. The van der Waals surface area contributed by atoms with Crippen LogP contribution in [0.2, 0.25) is 0 Å². The van der Waals surface area contributed by atoms with E-state index in [4.69, 9.17) is 4.52 Å². The number of anilines is 2. The van der Waals surface area contributed by atoms with Gasteiger partial charge in [0.1, 0.15) is 0 Å². The van der Waals surface area contributed by atoms with E-state index in [9.17, 15) is 13.2 Å². The zero-order valence-electron chi connectivity index (χ0n) is 11.3. The summed E-state index contributed by atoms with van der Waals surface area (Å²) in [5, 5.41) is 7.52. The number of aryl methyl sites for hydroxylation is 1. The lowest BCUT2D eigenvalue weighted by Crippen LogP contribution is -2.05. The number of hydrogen-bond acceptors (Lipinski definition) is 3. The van der Waals surface area contributed by atoms with E-state index in [0.29, 0.717) is 17.1 Å². The molecule has 3 nitrogen and oxygen atoms in total. The van der Waals surface area contributed by atoms with Crippen molar-refractivity contribution in [3.63, 3.8) is 0 Å². The van der Waals surface area contributed by atoms with Gasteiger partial charge in [-0.2, -0.15) is 13.2 Å². The highest BCUT2D eigenvalue weighted by Gasteiger charge is 2.30. The Morgan fingerprint density at radius 3 is 2.68 bits per heavy atom. The topological polar surface area (TPSA) is 38.1 Å². The molecule has 0 radical (unpaired) electrons. The van der Waals surface area contributed by atoms with Gasteiger partial charge < -0.3 is 9.84 Å². The van der Waals surface area contributed by atoms with Crippen LogP contribution in [-0.2, 0) is 6.18 Å². The highest BCUT2D eigenvalue weighted by Crippen LogP contribution is 2.33. The van der Waals surface area contributed by atoms with Crippen molar-refractivity contribution in [3.05, 3.63) is 51.1 Å². The minimum Gasteiger partial charge on any atom is -0.353 e. The summed E-state index contributed by atoms with van der Waals surface area (Å²) in [6.07, 6.45) is -4.38. The molecule has 1 N–H and O–H groups in total. The summed E-state index contributed by atoms with van der Waals surface area (Å²) in [5.74, 6) is 0.396. The van der Waals surface area contributed by atoms with Crippen molar-refractivity contribution < 1.29 is 17.7 Å². The second-order valence-corrected chi connectivity index (χ2v) is 5.89. The van der Waals surface area contributed by atoms with Crippen molar-refractivity contribution in [3.8, 4) is 0 Å². The predicted molar refractivity (Wildman–Crippen MR) is 86.2 cm³/mol. The number of benzene rings is 2. The van der Waals surface area contributed by atoms with E-state index in [1.54, 1.807) is 6.07 Å². The predicted octanol–water partition coefficient (Wildman–Crippen LogP) is 5.50. The third kappa shape index (κ3) is 2.77. The first-order valence-electron chi connectivity index (χ1n) is 6.35. The van der Waals surface area contributed by atoms with Crippen LogP contribution in [0.3, 0.4) is 0 Å². The molecule has 0 bridgehead atoms. The Kier molecular flexibility index (Phi) is 3.75. The summed E-state index contributed by atoms with van der Waals surface area (Å²) in [4.78, 5) is 0. The number of fused-ring (bicyclic) bond motifs is 1. The lowest BCUT2D eigenvalue weighted by Gasteiger charge is -2.09. The Morgan fingerprint density at radius 1 is 1.18 bits per heavy atom. The average molecular weight is 418 g/mol. The largest absolute Gasteiger partial charge is 0.416 e. The smallest absolute Gasteiger partial charge is 0.353 e. The van der Waals surface area contributed by atoms with Gasteiger partial charge in [0, 0.05) is 5.69 Å². The summed E-state index contributed by atoms with van der Waals surface area (Å²) in [7, 11) is 0. The lowest BCUT2D eigenvalue weighted by molar-refractivity contribution is -0.137. The van der Waals surface area contributed by atoms with E-state index in [-0.39, 0.29) is 0 Å². The second kappa shape index (κ2) is 5.45. The molecular weight excluding hydrogens is 408 g/mol. The molecule has 1 aromatic heterocycles. The Hall–Kier alpha value is -1.77. The SMILES string of the molecule is Cc1ccc2c(Nc3cccc(C(F)(F)F)c3)noc2c1I. The first-order valence-corrected chi connectivity index (χ1v) is 7.43. The number of rotatable bonds is 2. The van der Waals surface area contributed by atoms with E-state index < -0.39 is 11.7 Å². The molecule has 2 aromatic carbocycles. The van der Waals surface area contributed by atoms with Gasteiger partial charge in [-0.1, -0.05) is 17.3 Å². The van der Waals surface area contributed by atoms with Gasteiger partial charge in [0.05, 0.1) is 14.5 Å². The van der Waals surface area contributed by atoms with E-state index in [1.165, 1.54) is 6.07 Å². The average Bonchev–Trinajstić information content (AvgIpc) is 2.86. The molecule has 0 fully saturated rings. The molecule has 0 saturated carbocycles. The number of nitrogens with zero attached hydrogens (tertiary/aromatic N) is 1. The van der Waals surface area contributed by atoms with E-state index in [1.807, 2.05) is 19.1 Å². The van der Waals surface area contributed by atoms with Crippen LogP contribution in [0.15, 0.2) is 40.9 Å². The van der Waals surface area contributed by atoms with Gasteiger partial charge in [0.15, 0.2) is 11.4 Å². The third-order valence-electron chi connectivity index (χ3n) is 3.23. The molecule has 7 heteroatoms. The monoisotopic (exact) mass is 418 g/mol. The Labute approximate surface area is 137 Å². The summed E-state index contributed by atoms with van der Waals surface area (Å²) in [6.45, 7) is 1.95. The number of halogens is 4. The maximum absolute atomic E-state index is 12.7. The highest BCUT2D eigenvalue weighted by atomic mass is 127. The van der Waals surface area contributed by atoms with Gasteiger partial charge in [-0.15, -0.1) is 0 Å². The van der Waals surface area contributed by atoms with Gasteiger partial charge in [0.2, 0.25) is 0 Å². The number of alkyl halides is 3. The molecule has 3 rings (SSSR count). The van der Waals surface area contributed by atoms with Crippen molar-refractivity contribution in [2.24, 2.45) is 0 Å². The van der Waals surface area contributed by atoms with Crippen LogP contribution < -0.4 is 5.32 Å². The molecule has 1 heterocycles. The van der Waals surface area contributed by atoms with Gasteiger partial charge in [-0.25, -0.2) is 0 Å². The number of hydrogen-bond donors (Lipinski definition) is 1. The molecule has 0 aliphatic carbocycles. The lowest BCUT2D eigenvalue weighted by atomic mass is 10.1. The fraction of sp³-hybridized carbons (Fsp3) is 0.133. The molecule has 0 atom stereocenters. The van der Waals surface area contributed by atoms with Crippen molar-refractivity contribution >= 4 is 45.1 Å². The van der Waals surface area contributed by atoms with Crippen molar-refractivity contribution in [2.75, 3.05) is 5.32 Å². The first kappa shape index (κ1) is 15.1. The maximum atomic E-state index is 12.7. The van der Waals surface area contributed by atoms with Crippen LogP contribution in [0.1, 0.15) is 11.1 Å². The van der Waals surface area contributed by atoms with Gasteiger partial charge in [-0.3, -0.25) is 0 Å². The minimum absolute atomic E-state index is 0.306. The summed E-state index contributed by atoms with van der Waals surface area (Å²) >= 11 is 2.15. The summed E-state index contributed by atoms with van der Waals surface area (Å²) < 4.78 is 44.4. The molecule has 0 amide bonds. The standard InChI is InChI=1S/C15H10F3IN2O/c1-8-5-6-11-13(12(8)19)22-21-14(11)20-10-4-2-3-9(7-10)15(16,17)18/h2-7H,1H3,(H,20,21). The highest BCUT2D eigenvalue weighted by molar-refractivity contribution is 14.1. The molecule has 22 heavy (non-hydrogen) atoms. The Bertz CT molecular complexity index is 842. The van der Waals surface area contributed by atoms with Gasteiger partial charge in [-0.05, 0) is 59.3 Å². The second-order valence-electron chi connectivity index (χ2n) is 4.81. The van der Waals surface area contributed by atoms with Gasteiger partial charge in [0.25, 0.3) is 0 Å². The van der Waals surface area contributed by atoms with Crippen LogP contribution in [-0.4, -0.2) is 5.16 Å². The molecule has 0 aliphatic heterocycles.